The van der Waals surface area contributed by atoms with E-state index in [0.717, 1.165) is 19.2 Å². The van der Waals surface area contributed by atoms with Gasteiger partial charge >= 0.3 is 6.18 Å². The minimum atomic E-state index is -4.71. The lowest BCUT2D eigenvalue weighted by molar-refractivity contribution is -0.137. The minimum Gasteiger partial charge on any atom is -0.340 e. The highest BCUT2D eigenvalue weighted by Gasteiger charge is 2.32. The van der Waals surface area contributed by atoms with Crippen molar-refractivity contribution in [2.45, 2.75) is 18.0 Å². The Hall–Kier alpha value is -1.91. The van der Waals surface area contributed by atoms with Crippen molar-refractivity contribution in [1.29, 1.82) is 0 Å². The highest BCUT2D eigenvalue weighted by molar-refractivity contribution is 7.89. The fourth-order valence-corrected chi connectivity index (χ4v) is 2.72. The second-order valence-corrected chi connectivity index (χ2v) is 6.97. The summed E-state index contributed by atoms with van der Waals surface area (Å²) in [7, 11) is -2.95. The molecular formula is C13H12ClF3N4O2S. The number of halogens is 4. The first-order valence-electron chi connectivity index (χ1n) is 6.45. The second-order valence-electron chi connectivity index (χ2n) is 4.75. The summed E-state index contributed by atoms with van der Waals surface area (Å²) in [4.78, 5) is 7.08. The van der Waals surface area contributed by atoms with Crippen molar-refractivity contribution >= 4 is 33.1 Å². The Labute approximate surface area is 141 Å². The van der Waals surface area contributed by atoms with Crippen LogP contribution in [-0.2, 0) is 16.2 Å². The van der Waals surface area contributed by atoms with Gasteiger partial charge in [0, 0.05) is 17.4 Å². The molecule has 1 heterocycles. The molecule has 0 spiro atoms. The van der Waals surface area contributed by atoms with Gasteiger partial charge in [0.15, 0.2) is 0 Å². The molecule has 1 aromatic heterocycles. The number of aromatic nitrogens is 2. The van der Waals surface area contributed by atoms with E-state index in [1.54, 1.807) is 6.92 Å². The number of aryl methyl sites for hydroxylation is 1. The third-order valence-corrected chi connectivity index (χ3v) is 4.59. The molecule has 0 atom stereocenters. The zero-order valence-electron chi connectivity index (χ0n) is 12.4. The first kappa shape index (κ1) is 18.4. The van der Waals surface area contributed by atoms with Gasteiger partial charge in [0.25, 0.3) is 0 Å². The summed E-state index contributed by atoms with van der Waals surface area (Å²) >= 11 is 5.67. The van der Waals surface area contributed by atoms with Crippen molar-refractivity contribution in [3.8, 4) is 0 Å². The molecule has 0 bridgehead atoms. The topological polar surface area (TPSA) is 84.0 Å². The summed E-state index contributed by atoms with van der Waals surface area (Å²) in [6.45, 7) is 1.62. The Morgan fingerprint density at radius 3 is 2.46 bits per heavy atom. The summed E-state index contributed by atoms with van der Waals surface area (Å²) in [6, 6.07) is 2.40. The second kappa shape index (κ2) is 6.54. The Bertz CT molecular complexity index is 872. The summed E-state index contributed by atoms with van der Waals surface area (Å²) in [5.74, 6) is 0.169. The smallest absolute Gasteiger partial charge is 0.340 e. The lowest BCUT2D eigenvalue weighted by Crippen LogP contribution is -2.19. The van der Waals surface area contributed by atoms with Crippen LogP contribution >= 0.6 is 11.6 Å². The number of alkyl halides is 3. The average Bonchev–Trinajstić information content (AvgIpc) is 2.50. The average molecular weight is 381 g/mol. The third kappa shape index (κ3) is 4.13. The molecule has 0 saturated carbocycles. The van der Waals surface area contributed by atoms with Crippen LogP contribution in [0.5, 0.6) is 0 Å². The van der Waals surface area contributed by atoms with E-state index in [-0.39, 0.29) is 16.8 Å². The van der Waals surface area contributed by atoms with Crippen LogP contribution in [0, 0.1) is 6.92 Å². The van der Waals surface area contributed by atoms with Crippen LogP contribution in [0.1, 0.15) is 11.1 Å². The Kier molecular flexibility index (Phi) is 5.02. The molecule has 0 unspecified atom stereocenters. The number of rotatable bonds is 4. The number of hydrogen-bond donors (Lipinski definition) is 2. The zero-order chi connectivity index (χ0) is 18.1. The number of hydrogen-bond acceptors (Lipinski definition) is 5. The van der Waals surface area contributed by atoms with E-state index in [1.165, 1.54) is 6.20 Å². The summed E-state index contributed by atoms with van der Waals surface area (Å²) < 4.78 is 64.8. The quantitative estimate of drug-likeness (QED) is 0.796. The number of benzene rings is 1. The summed E-state index contributed by atoms with van der Waals surface area (Å²) in [5.41, 5.74) is -0.689. The monoisotopic (exact) mass is 380 g/mol. The highest BCUT2D eigenvalue weighted by Crippen LogP contribution is 2.34. The summed E-state index contributed by atoms with van der Waals surface area (Å²) in [6.07, 6.45) is -3.33. The van der Waals surface area contributed by atoms with Gasteiger partial charge in [0.2, 0.25) is 15.3 Å². The van der Waals surface area contributed by atoms with Crippen molar-refractivity contribution in [3.63, 3.8) is 0 Å². The molecular weight excluding hydrogens is 369 g/mol. The maximum atomic E-state index is 13.0. The van der Waals surface area contributed by atoms with E-state index in [0.29, 0.717) is 11.6 Å². The fourth-order valence-electron chi connectivity index (χ4n) is 1.79. The van der Waals surface area contributed by atoms with Crippen molar-refractivity contribution in [3.05, 3.63) is 40.8 Å². The molecule has 11 heteroatoms. The van der Waals surface area contributed by atoms with Gasteiger partial charge in [-0.05, 0) is 43.8 Å². The SMILES string of the molecule is CNS(=O)(=O)c1cc(Nc2nc(Cl)ncc2C)cc(C(F)(F)F)c1. The van der Waals surface area contributed by atoms with Gasteiger partial charge in [-0.2, -0.15) is 13.2 Å². The molecule has 130 valence electrons. The third-order valence-electron chi connectivity index (χ3n) is 3.02. The molecule has 0 saturated heterocycles. The molecule has 24 heavy (non-hydrogen) atoms. The molecule has 2 N–H and O–H groups in total. The first-order chi connectivity index (χ1) is 11.0. The Morgan fingerprint density at radius 1 is 1.21 bits per heavy atom. The highest BCUT2D eigenvalue weighted by atomic mass is 35.5. The van der Waals surface area contributed by atoms with Crippen molar-refractivity contribution in [2.24, 2.45) is 0 Å². The van der Waals surface area contributed by atoms with E-state index in [1.807, 2.05) is 4.72 Å². The Balaban J connectivity index is 2.57. The van der Waals surface area contributed by atoms with Gasteiger partial charge in [-0.3, -0.25) is 0 Å². The van der Waals surface area contributed by atoms with Crippen LogP contribution < -0.4 is 10.0 Å². The van der Waals surface area contributed by atoms with Gasteiger partial charge in [-0.15, -0.1) is 0 Å². The molecule has 6 nitrogen and oxygen atoms in total. The van der Waals surface area contributed by atoms with E-state index in [4.69, 9.17) is 11.6 Å². The number of nitrogens with zero attached hydrogens (tertiary/aromatic N) is 2. The van der Waals surface area contributed by atoms with E-state index in [2.05, 4.69) is 15.3 Å². The maximum Gasteiger partial charge on any atom is 0.416 e. The summed E-state index contributed by atoms with van der Waals surface area (Å²) in [5, 5.41) is 2.54. The molecule has 2 aromatic rings. The van der Waals surface area contributed by atoms with Gasteiger partial charge in [-0.25, -0.2) is 23.1 Å². The van der Waals surface area contributed by atoms with Gasteiger partial charge < -0.3 is 5.32 Å². The van der Waals surface area contributed by atoms with Crippen LogP contribution in [0.15, 0.2) is 29.3 Å². The van der Waals surface area contributed by atoms with Crippen molar-refractivity contribution < 1.29 is 21.6 Å². The Morgan fingerprint density at radius 2 is 1.88 bits per heavy atom. The normalized spacial score (nSPS) is 12.2. The van der Waals surface area contributed by atoms with E-state index in [9.17, 15) is 21.6 Å². The molecule has 0 aliphatic heterocycles. The van der Waals surface area contributed by atoms with Crippen LogP contribution in [-0.4, -0.2) is 25.4 Å². The standard InChI is InChI=1S/C13H12ClF3N4O2S/c1-7-6-19-12(14)21-11(7)20-9-3-8(13(15,16)17)4-10(5-9)24(22,23)18-2/h3-6,18H,1-2H3,(H,19,20,21). The lowest BCUT2D eigenvalue weighted by Gasteiger charge is -2.14. The predicted octanol–water partition coefficient (Wildman–Crippen LogP) is 3.11. The van der Waals surface area contributed by atoms with Gasteiger partial charge in [-0.1, -0.05) is 0 Å². The van der Waals surface area contributed by atoms with Crippen molar-refractivity contribution in [2.75, 3.05) is 12.4 Å². The predicted molar refractivity (Wildman–Crippen MR) is 82.8 cm³/mol. The molecule has 2 rings (SSSR count). The number of anilines is 2. The van der Waals surface area contributed by atoms with E-state index >= 15 is 0 Å². The minimum absolute atomic E-state index is 0.0989. The molecule has 0 radical (unpaired) electrons. The molecule has 0 amide bonds. The van der Waals surface area contributed by atoms with Crippen LogP contribution in [0.2, 0.25) is 5.28 Å². The molecule has 0 aliphatic rings. The lowest BCUT2D eigenvalue weighted by atomic mass is 10.2. The molecule has 1 aromatic carbocycles. The van der Waals surface area contributed by atoms with Crippen LogP contribution in [0.4, 0.5) is 24.7 Å². The van der Waals surface area contributed by atoms with E-state index < -0.39 is 26.7 Å². The molecule has 0 aliphatic carbocycles. The number of sulfonamides is 1. The number of nitrogens with one attached hydrogen (secondary N) is 2. The van der Waals surface area contributed by atoms with Gasteiger partial charge in [0.05, 0.1) is 10.5 Å². The largest absolute Gasteiger partial charge is 0.416 e. The van der Waals surface area contributed by atoms with Crippen LogP contribution in [0.3, 0.4) is 0 Å². The van der Waals surface area contributed by atoms with Gasteiger partial charge in [0.1, 0.15) is 5.82 Å². The zero-order valence-corrected chi connectivity index (χ0v) is 14.0. The molecule has 0 fully saturated rings. The fraction of sp³-hybridized carbons (Fsp3) is 0.231. The van der Waals surface area contributed by atoms with Crippen LogP contribution in [0.25, 0.3) is 0 Å². The first-order valence-corrected chi connectivity index (χ1v) is 8.31. The maximum absolute atomic E-state index is 13.0. The van der Waals surface area contributed by atoms with Crippen molar-refractivity contribution in [1.82, 2.24) is 14.7 Å².